The van der Waals surface area contributed by atoms with Gasteiger partial charge in [0.05, 0.1) is 24.0 Å². The van der Waals surface area contributed by atoms with E-state index in [4.69, 9.17) is 4.52 Å². The highest BCUT2D eigenvalue weighted by Crippen LogP contribution is 2.14. The molecule has 6 nitrogen and oxygen atoms in total. The van der Waals surface area contributed by atoms with Crippen LogP contribution < -0.4 is 5.32 Å². The number of carbonyl (C=O) groups is 1. The molecule has 0 unspecified atom stereocenters. The van der Waals surface area contributed by atoms with Crippen LogP contribution in [0.15, 0.2) is 16.9 Å². The molecule has 0 saturated carbocycles. The van der Waals surface area contributed by atoms with E-state index < -0.39 is 0 Å². The van der Waals surface area contributed by atoms with E-state index in [-0.39, 0.29) is 12.3 Å². The van der Waals surface area contributed by atoms with Crippen molar-refractivity contribution in [3.8, 4) is 0 Å². The summed E-state index contributed by atoms with van der Waals surface area (Å²) in [6.45, 7) is 3.62. The van der Waals surface area contributed by atoms with Crippen LogP contribution in [-0.4, -0.2) is 20.8 Å². The molecule has 2 heterocycles. The van der Waals surface area contributed by atoms with E-state index >= 15 is 0 Å². The Morgan fingerprint density at radius 2 is 2.29 bits per heavy atom. The van der Waals surface area contributed by atoms with E-state index in [0.29, 0.717) is 11.4 Å². The number of nitrogens with zero attached hydrogens (tertiary/aromatic N) is 3. The van der Waals surface area contributed by atoms with Crippen molar-refractivity contribution in [1.29, 1.82) is 0 Å². The molecule has 0 bridgehead atoms. The highest BCUT2D eigenvalue weighted by atomic mass is 16.5. The monoisotopic (exact) mass is 234 g/mol. The van der Waals surface area contributed by atoms with Gasteiger partial charge in [-0.25, -0.2) is 0 Å². The maximum atomic E-state index is 11.8. The van der Waals surface area contributed by atoms with Crippen molar-refractivity contribution >= 4 is 11.6 Å². The predicted octanol–water partition coefficient (Wildman–Crippen LogP) is 1.21. The zero-order valence-electron chi connectivity index (χ0n) is 10.0. The minimum absolute atomic E-state index is 0.104. The van der Waals surface area contributed by atoms with Crippen molar-refractivity contribution in [2.45, 2.75) is 20.3 Å². The number of hydrogen-bond acceptors (Lipinski definition) is 4. The molecule has 0 atom stereocenters. The second kappa shape index (κ2) is 4.40. The number of aromatic nitrogens is 3. The fourth-order valence-electron chi connectivity index (χ4n) is 1.61. The summed E-state index contributed by atoms with van der Waals surface area (Å²) in [5.74, 6) is 0.580. The largest absolute Gasteiger partial charge is 0.361 e. The van der Waals surface area contributed by atoms with Gasteiger partial charge in [0, 0.05) is 18.8 Å². The van der Waals surface area contributed by atoms with Gasteiger partial charge in [-0.05, 0) is 13.8 Å². The number of amides is 1. The molecule has 2 rings (SSSR count). The van der Waals surface area contributed by atoms with E-state index in [1.165, 1.54) is 0 Å². The normalized spacial score (nSPS) is 10.5. The lowest BCUT2D eigenvalue weighted by Gasteiger charge is -2.01. The Bertz CT molecular complexity index is 522. The Hall–Kier alpha value is -2.11. The Morgan fingerprint density at radius 1 is 1.53 bits per heavy atom. The summed E-state index contributed by atoms with van der Waals surface area (Å²) in [4.78, 5) is 11.8. The van der Waals surface area contributed by atoms with Crippen LogP contribution in [0.4, 0.5) is 5.69 Å². The molecule has 0 aliphatic heterocycles. The molecular formula is C11H14N4O2. The lowest BCUT2D eigenvalue weighted by molar-refractivity contribution is -0.115. The van der Waals surface area contributed by atoms with Gasteiger partial charge in [0.1, 0.15) is 5.76 Å². The van der Waals surface area contributed by atoms with Crippen LogP contribution in [-0.2, 0) is 18.3 Å². The summed E-state index contributed by atoms with van der Waals surface area (Å²) in [5, 5.41) is 10.5. The van der Waals surface area contributed by atoms with E-state index in [9.17, 15) is 4.79 Å². The van der Waals surface area contributed by atoms with Gasteiger partial charge in [-0.2, -0.15) is 5.10 Å². The first-order valence-corrected chi connectivity index (χ1v) is 5.26. The molecule has 2 aromatic heterocycles. The Morgan fingerprint density at radius 3 is 2.82 bits per heavy atom. The van der Waals surface area contributed by atoms with Crippen LogP contribution in [0.1, 0.15) is 17.0 Å². The van der Waals surface area contributed by atoms with Gasteiger partial charge < -0.3 is 9.84 Å². The molecule has 17 heavy (non-hydrogen) atoms. The molecule has 0 fully saturated rings. The molecule has 0 aliphatic carbocycles. The van der Waals surface area contributed by atoms with Crippen molar-refractivity contribution in [2.75, 3.05) is 5.32 Å². The molecule has 90 valence electrons. The fourth-order valence-corrected chi connectivity index (χ4v) is 1.61. The molecule has 1 N–H and O–H groups in total. The van der Waals surface area contributed by atoms with E-state index in [1.54, 1.807) is 31.0 Å². The standard InChI is InChI=1S/C11H14N4O2/c1-7-10(8(2)17-14-7)4-11(16)13-9-5-12-15(3)6-9/h5-6H,4H2,1-3H3,(H,13,16). The maximum absolute atomic E-state index is 11.8. The fraction of sp³-hybridized carbons (Fsp3) is 0.364. The number of aryl methyl sites for hydroxylation is 3. The highest BCUT2D eigenvalue weighted by molar-refractivity contribution is 5.92. The molecule has 0 radical (unpaired) electrons. The highest BCUT2D eigenvalue weighted by Gasteiger charge is 2.13. The van der Waals surface area contributed by atoms with Crippen molar-refractivity contribution in [2.24, 2.45) is 7.05 Å². The van der Waals surface area contributed by atoms with Gasteiger partial charge >= 0.3 is 0 Å². The number of anilines is 1. The minimum atomic E-state index is -0.104. The summed E-state index contributed by atoms with van der Waals surface area (Å²) in [5.41, 5.74) is 2.28. The molecular weight excluding hydrogens is 220 g/mol. The number of rotatable bonds is 3. The number of nitrogens with one attached hydrogen (secondary N) is 1. The van der Waals surface area contributed by atoms with Gasteiger partial charge in [-0.3, -0.25) is 9.48 Å². The quantitative estimate of drug-likeness (QED) is 0.866. The number of hydrogen-bond donors (Lipinski definition) is 1. The van der Waals surface area contributed by atoms with Crippen molar-refractivity contribution in [3.05, 3.63) is 29.4 Å². The second-order valence-corrected chi connectivity index (χ2v) is 3.93. The van der Waals surface area contributed by atoms with Crippen LogP contribution in [0.5, 0.6) is 0 Å². The zero-order valence-corrected chi connectivity index (χ0v) is 10.0. The SMILES string of the molecule is Cc1noc(C)c1CC(=O)Nc1cnn(C)c1. The lowest BCUT2D eigenvalue weighted by Crippen LogP contribution is -2.14. The Balaban J connectivity index is 2.03. The van der Waals surface area contributed by atoms with Crippen molar-refractivity contribution in [3.63, 3.8) is 0 Å². The third-order valence-corrected chi connectivity index (χ3v) is 2.51. The van der Waals surface area contributed by atoms with Gasteiger partial charge in [-0.15, -0.1) is 0 Å². The average molecular weight is 234 g/mol. The zero-order chi connectivity index (χ0) is 12.4. The molecule has 0 saturated heterocycles. The van der Waals surface area contributed by atoms with Crippen LogP contribution in [0, 0.1) is 13.8 Å². The van der Waals surface area contributed by atoms with Crippen LogP contribution in [0.3, 0.4) is 0 Å². The first kappa shape index (κ1) is 11.4. The van der Waals surface area contributed by atoms with Crippen molar-refractivity contribution in [1.82, 2.24) is 14.9 Å². The van der Waals surface area contributed by atoms with Crippen LogP contribution >= 0.6 is 0 Å². The third-order valence-electron chi connectivity index (χ3n) is 2.51. The summed E-state index contributed by atoms with van der Waals surface area (Å²) < 4.78 is 6.63. The number of carbonyl (C=O) groups excluding carboxylic acids is 1. The van der Waals surface area contributed by atoms with Gasteiger partial charge in [0.25, 0.3) is 0 Å². The first-order valence-electron chi connectivity index (χ1n) is 5.26. The second-order valence-electron chi connectivity index (χ2n) is 3.93. The Kier molecular flexibility index (Phi) is 2.95. The molecule has 2 aromatic rings. The predicted molar refractivity (Wildman–Crippen MR) is 61.5 cm³/mol. The van der Waals surface area contributed by atoms with Crippen LogP contribution in [0.25, 0.3) is 0 Å². The molecule has 0 spiro atoms. The smallest absolute Gasteiger partial charge is 0.229 e. The average Bonchev–Trinajstić information content (AvgIpc) is 2.79. The van der Waals surface area contributed by atoms with Crippen molar-refractivity contribution < 1.29 is 9.32 Å². The molecule has 0 aliphatic rings. The van der Waals surface area contributed by atoms with E-state index in [2.05, 4.69) is 15.6 Å². The third kappa shape index (κ3) is 2.52. The summed E-state index contributed by atoms with van der Waals surface area (Å²) in [6, 6.07) is 0. The Labute approximate surface area is 98.6 Å². The van der Waals surface area contributed by atoms with Gasteiger partial charge in [0.2, 0.25) is 5.91 Å². The summed E-state index contributed by atoms with van der Waals surface area (Å²) in [6.07, 6.45) is 3.60. The topological polar surface area (TPSA) is 73.0 Å². The lowest BCUT2D eigenvalue weighted by atomic mass is 10.1. The molecule has 6 heteroatoms. The van der Waals surface area contributed by atoms with E-state index in [1.807, 2.05) is 6.92 Å². The molecule has 1 amide bonds. The van der Waals surface area contributed by atoms with E-state index in [0.717, 1.165) is 11.3 Å². The summed E-state index contributed by atoms with van der Waals surface area (Å²) in [7, 11) is 1.80. The summed E-state index contributed by atoms with van der Waals surface area (Å²) >= 11 is 0. The maximum Gasteiger partial charge on any atom is 0.229 e. The van der Waals surface area contributed by atoms with Gasteiger partial charge in [0.15, 0.2) is 0 Å². The molecule has 0 aromatic carbocycles. The first-order chi connectivity index (χ1) is 8.06. The minimum Gasteiger partial charge on any atom is -0.361 e. The van der Waals surface area contributed by atoms with Crippen LogP contribution in [0.2, 0.25) is 0 Å². The van der Waals surface area contributed by atoms with Gasteiger partial charge in [-0.1, -0.05) is 5.16 Å².